The second-order valence-corrected chi connectivity index (χ2v) is 5.99. The monoisotopic (exact) mass is 364 g/mol. The van der Waals surface area contributed by atoms with E-state index >= 15 is 0 Å². The van der Waals surface area contributed by atoms with Crippen LogP contribution in [0.25, 0.3) is 10.8 Å². The maximum atomic E-state index is 12.4. The lowest BCUT2D eigenvalue weighted by molar-refractivity contribution is -0.148. The first-order valence-electron chi connectivity index (χ1n) is 8.57. The van der Waals surface area contributed by atoms with Gasteiger partial charge in [-0.15, -0.1) is 0 Å². The second-order valence-electron chi connectivity index (χ2n) is 5.99. The summed E-state index contributed by atoms with van der Waals surface area (Å²) >= 11 is 0. The van der Waals surface area contributed by atoms with Gasteiger partial charge < -0.3 is 14.2 Å². The van der Waals surface area contributed by atoms with E-state index in [0.717, 1.165) is 10.8 Å². The van der Waals surface area contributed by atoms with Crippen LogP contribution >= 0.6 is 0 Å². The number of hydrogen-bond acceptors (Lipinski definition) is 5. The number of fused-ring (bicyclic) bond motifs is 1. The molecule has 0 bridgehead atoms. The Morgan fingerprint density at radius 2 is 1.63 bits per heavy atom. The van der Waals surface area contributed by atoms with Gasteiger partial charge in [-0.05, 0) is 42.6 Å². The molecular formula is C22H20O5. The topological polar surface area (TPSA) is 61.8 Å². The van der Waals surface area contributed by atoms with E-state index < -0.39 is 12.1 Å². The maximum absolute atomic E-state index is 12.4. The third kappa shape index (κ3) is 4.44. The zero-order valence-corrected chi connectivity index (χ0v) is 15.2. The standard InChI is InChI=1S/C22H20O5/c1-15(22(24)17-10-12-18(25-2)13-11-17)27-21(23)14-26-20-9-5-7-16-6-3-4-8-19(16)20/h3-13,15H,14H2,1-2H3/t15-/m1/s1. The number of benzene rings is 3. The highest BCUT2D eigenvalue weighted by atomic mass is 16.6. The molecule has 0 heterocycles. The van der Waals surface area contributed by atoms with Gasteiger partial charge in [0.1, 0.15) is 11.5 Å². The molecule has 3 aromatic carbocycles. The summed E-state index contributed by atoms with van der Waals surface area (Å²) in [7, 11) is 1.55. The first-order valence-corrected chi connectivity index (χ1v) is 8.57. The quantitative estimate of drug-likeness (QED) is 0.468. The number of ether oxygens (including phenoxy) is 3. The molecular weight excluding hydrogens is 344 g/mol. The van der Waals surface area contributed by atoms with Crippen LogP contribution in [0.15, 0.2) is 66.7 Å². The highest BCUT2D eigenvalue weighted by molar-refractivity contribution is 6.00. The minimum Gasteiger partial charge on any atom is -0.497 e. The molecule has 0 saturated heterocycles. The zero-order valence-electron chi connectivity index (χ0n) is 15.2. The number of rotatable bonds is 7. The van der Waals surface area contributed by atoms with Crippen molar-refractivity contribution < 1.29 is 23.8 Å². The smallest absolute Gasteiger partial charge is 0.344 e. The van der Waals surface area contributed by atoms with Gasteiger partial charge in [0, 0.05) is 10.9 Å². The lowest BCUT2D eigenvalue weighted by atomic mass is 10.1. The van der Waals surface area contributed by atoms with Crippen molar-refractivity contribution in [3.05, 3.63) is 72.3 Å². The zero-order chi connectivity index (χ0) is 19.2. The Balaban J connectivity index is 1.58. The van der Waals surface area contributed by atoms with Crippen LogP contribution < -0.4 is 9.47 Å². The SMILES string of the molecule is COc1ccc(C(=O)[C@@H](C)OC(=O)COc2cccc3ccccc23)cc1. The fraction of sp³-hybridized carbons (Fsp3) is 0.182. The highest BCUT2D eigenvalue weighted by Crippen LogP contribution is 2.25. The van der Waals surface area contributed by atoms with Crippen molar-refractivity contribution in [3.63, 3.8) is 0 Å². The predicted molar refractivity (Wildman–Crippen MR) is 102 cm³/mol. The Kier molecular flexibility index (Phi) is 5.71. The first-order chi connectivity index (χ1) is 13.1. The molecule has 0 spiro atoms. The van der Waals surface area contributed by atoms with Gasteiger partial charge in [-0.1, -0.05) is 36.4 Å². The summed E-state index contributed by atoms with van der Waals surface area (Å²) in [6.45, 7) is 1.27. The van der Waals surface area contributed by atoms with Gasteiger partial charge in [0.15, 0.2) is 12.7 Å². The van der Waals surface area contributed by atoms with Crippen molar-refractivity contribution in [2.45, 2.75) is 13.0 Å². The highest BCUT2D eigenvalue weighted by Gasteiger charge is 2.20. The van der Waals surface area contributed by atoms with E-state index in [1.165, 1.54) is 0 Å². The van der Waals surface area contributed by atoms with E-state index in [-0.39, 0.29) is 12.4 Å². The second kappa shape index (κ2) is 8.36. The fourth-order valence-electron chi connectivity index (χ4n) is 2.73. The lowest BCUT2D eigenvalue weighted by Crippen LogP contribution is -2.27. The van der Waals surface area contributed by atoms with Crippen LogP contribution in [-0.4, -0.2) is 31.6 Å². The molecule has 0 fully saturated rings. The number of carbonyl (C=O) groups excluding carboxylic acids is 2. The van der Waals surface area contributed by atoms with Crippen molar-refractivity contribution in [2.75, 3.05) is 13.7 Å². The molecule has 5 nitrogen and oxygen atoms in total. The Labute approximate surface area is 157 Å². The average molecular weight is 364 g/mol. The largest absolute Gasteiger partial charge is 0.497 e. The molecule has 0 aliphatic rings. The molecule has 3 aromatic rings. The van der Waals surface area contributed by atoms with Gasteiger partial charge >= 0.3 is 5.97 Å². The minimum atomic E-state index is -0.901. The van der Waals surface area contributed by atoms with E-state index in [9.17, 15) is 9.59 Å². The Bertz CT molecular complexity index is 941. The Hall–Kier alpha value is -3.34. The van der Waals surface area contributed by atoms with Gasteiger partial charge in [-0.25, -0.2) is 4.79 Å². The molecule has 138 valence electrons. The summed E-state index contributed by atoms with van der Waals surface area (Å²) in [5, 5.41) is 1.93. The minimum absolute atomic E-state index is 0.270. The van der Waals surface area contributed by atoms with Gasteiger partial charge in [0.2, 0.25) is 5.78 Å². The van der Waals surface area contributed by atoms with Crippen LogP contribution in [0.2, 0.25) is 0 Å². The number of methoxy groups -OCH3 is 1. The number of Topliss-reactive ketones (excluding diaryl/α,β-unsaturated/α-hetero) is 1. The number of carbonyl (C=O) groups is 2. The molecule has 5 heteroatoms. The van der Waals surface area contributed by atoms with Crippen molar-refractivity contribution in [1.82, 2.24) is 0 Å². The molecule has 3 rings (SSSR count). The summed E-state index contributed by atoms with van der Waals surface area (Å²) in [6, 6.07) is 20.0. The third-order valence-electron chi connectivity index (χ3n) is 4.15. The Morgan fingerprint density at radius 3 is 2.37 bits per heavy atom. The molecule has 0 aromatic heterocycles. The fourth-order valence-corrected chi connectivity index (χ4v) is 2.73. The van der Waals surface area contributed by atoms with Gasteiger partial charge in [-0.2, -0.15) is 0 Å². The van der Waals surface area contributed by atoms with Gasteiger partial charge in [0.05, 0.1) is 7.11 Å². The molecule has 0 radical (unpaired) electrons. The molecule has 0 N–H and O–H groups in total. The van der Waals surface area contributed by atoms with Crippen molar-refractivity contribution in [2.24, 2.45) is 0 Å². The van der Waals surface area contributed by atoms with Crippen LogP contribution in [0.5, 0.6) is 11.5 Å². The number of hydrogen-bond donors (Lipinski definition) is 0. The van der Waals surface area contributed by atoms with Crippen LogP contribution in [0.1, 0.15) is 17.3 Å². The molecule has 27 heavy (non-hydrogen) atoms. The van der Waals surface area contributed by atoms with Crippen molar-refractivity contribution >= 4 is 22.5 Å². The molecule has 0 amide bonds. The maximum Gasteiger partial charge on any atom is 0.344 e. The van der Waals surface area contributed by atoms with Crippen molar-refractivity contribution in [3.8, 4) is 11.5 Å². The van der Waals surface area contributed by atoms with Gasteiger partial charge in [-0.3, -0.25) is 4.79 Å². The number of esters is 1. The summed E-state index contributed by atoms with van der Waals surface area (Å²) in [6.07, 6.45) is -0.901. The lowest BCUT2D eigenvalue weighted by Gasteiger charge is -2.14. The Morgan fingerprint density at radius 1 is 0.926 bits per heavy atom. The summed E-state index contributed by atoms with van der Waals surface area (Å²) in [4.78, 5) is 24.4. The summed E-state index contributed by atoms with van der Waals surface area (Å²) < 4.78 is 15.9. The van der Waals surface area contributed by atoms with E-state index in [2.05, 4.69) is 0 Å². The van der Waals surface area contributed by atoms with E-state index in [4.69, 9.17) is 14.2 Å². The normalized spacial score (nSPS) is 11.6. The third-order valence-corrected chi connectivity index (χ3v) is 4.15. The molecule has 0 unspecified atom stereocenters. The number of ketones is 1. The molecule has 0 aliphatic heterocycles. The van der Waals surface area contributed by atoms with Crippen LogP contribution in [-0.2, 0) is 9.53 Å². The van der Waals surface area contributed by atoms with Crippen LogP contribution in [0.4, 0.5) is 0 Å². The van der Waals surface area contributed by atoms with Gasteiger partial charge in [0.25, 0.3) is 0 Å². The molecule has 1 atom stereocenters. The summed E-state index contributed by atoms with van der Waals surface area (Å²) in [5.41, 5.74) is 0.450. The molecule has 0 aliphatic carbocycles. The van der Waals surface area contributed by atoms with E-state index in [1.54, 1.807) is 44.4 Å². The van der Waals surface area contributed by atoms with Crippen LogP contribution in [0.3, 0.4) is 0 Å². The van der Waals surface area contributed by atoms with E-state index in [0.29, 0.717) is 17.1 Å². The van der Waals surface area contributed by atoms with Crippen LogP contribution in [0, 0.1) is 0 Å². The first kappa shape index (κ1) is 18.5. The van der Waals surface area contributed by atoms with Crippen molar-refractivity contribution in [1.29, 1.82) is 0 Å². The average Bonchev–Trinajstić information content (AvgIpc) is 2.71. The molecule has 0 saturated carbocycles. The summed E-state index contributed by atoms with van der Waals surface area (Å²) in [5.74, 6) is 0.368. The van der Waals surface area contributed by atoms with E-state index in [1.807, 2.05) is 36.4 Å². The predicted octanol–water partition coefficient (Wildman–Crippen LogP) is 4.04.